The van der Waals surface area contributed by atoms with Crippen LogP contribution in [0.25, 0.3) is 0 Å². The fourth-order valence-electron chi connectivity index (χ4n) is 10.6. The fourth-order valence-corrected chi connectivity index (χ4v) is 10.6. The van der Waals surface area contributed by atoms with E-state index in [0.717, 1.165) is 0 Å². The van der Waals surface area contributed by atoms with Crippen LogP contribution in [-0.2, 0) is 61.4 Å². The predicted octanol–water partition coefficient (Wildman–Crippen LogP) is 4.89. The molecule has 7 aliphatic rings. The third kappa shape index (κ3) is 8.78. The first-order valence-electron chi connectivity index (χ1n) is 23.3. The Hall–Kier alpha value is -2.19. The number of hydrogen-bond acceptors (Lipinski definition) is 16. The maximum atomic E-state index is 15.0. The fraction of sp³-hybridized carbons (Fsp3) is 0.889. The second kappa shape index (κ2) is 17.9. The molecule has 0 aromatic carbocycles. The number of cyclic esters (lactones) is 1. The highest BCUT2D eigenvalue weighted by molar-refractivity contribution is 6.56. The van der Waals surface area contributed by atoms with Crippen LogP contribution in [0.3, 0.4) is 0 Å². The minimum Gasteiger partial charge on any atom is -0.504 e. The number of aliphatic hydroxyl groups excluding tert-OH is 2. The second-order valence-corrected chi connectivity index (χ2v) is 20.9. The van der Waals surface area contributed by atoms with Gasteiger partial charge in [0.2, 0.25) is 0 Å². The van der Waals surface area contributed by atoms with Crippen LogP contribution in [0.4, 0.5) is 0 Å². The molecule has 62 heavy (non-hydrogen) atoms. The average Bonchev–Trinajstić information content (AvgIpc) is 3.84. The van der Waals surface area contributed by atoms with Gasteiger partial charge in [0, 0.05) is 35.5 Å². The molecule has 0 saturated carbocycles. The summed E-state index contributed by atoms with van der Waals surface area (Å²) in [5.41, 5.74) is 4.48. The van der Waals surface area contributed by atoms with Crippen LogP contribution in [0.1, 0.15) is 140 Å². The molecule has 7 heterocycles. The highest BCUT2D eigenvalue weighted by atomic mass is 17.0. The van der Waals surface area contributed by atoms with Gasteiger partial charge in [-0.3, -0.25) is 4.79 Å². The van der Waals surface area contributed by atoms with E-state index in [1.165, 1.54) is 0 Å². The van der Waals surface area contributed by atoms with E-state index in [0.29, 0.717) is 64.2 Å². The van der Waals surface area contributed by atoms with Crippen molar-refractivity contribution >= 4 is 24.9 Å². The second-order valence-electron chi connectivity index (χ2n) is 20.9. The largest absolute Gasteiger partial charge is 0.536 e. The van der Waals surface area contributed by atoms with Crippen LogP contribution in [0.5, 0.6) is 0 Å². The normalized spacial score (nSPS) is 46.3. The summed E-state index contributed by atoms with van der Waals surface area (Å²) < 4.78 is 66.0. The summed E-state index contributed by atoms with van der Waals surface area (Å²) in [5.74, 6) is -7.31. The van der Waals surface area contributed by atoms with E-state index in [1.54, 1.807) is 6.92 Å². The number of hydrogen-bond donors (Lipinski definition) is 3. The molecule has 9 bridgehead atoms. The molecule has 3 spiro atoms. The summed E-state index contributed by atoms with van der Waals surface area (Å²) in [7, 11) is 0. The van der Waals surface area contributed by atoms with Crippen LogP contribution in [0.2, 0.25) is 0 Å². The number of fused-ring (bicyclic) bond motifs is 6. The van der Waals surface area contributed by atoms with E-state index < -0.39 is 126 Å². The molecule has 0 aliphatic carbocycles. The Bertz CT molecular complexity index is 1680. The van der Waals surface area contributed by atoms with Crippen molar-refractivity contribution < 1.29 is 71.6 Å². The topological polar surface area (TPSA) is 210 Å². The third-order valence-electron chi connectivity index (χ3n) is 15.5. The maximum absolute atomic E-state index is 15.0. The highest BCUT2D eigenvalue weighted by Gasteiger charge is 2.73. The molecular formula is C45H73BNO15-. The quantitative estimate of drug-likeness (QED) is 0.149. The Morgan fingerprint density at radius 3 is 1.90 bits per heavy atom. The first-order chi connectivity index (χ1) is 29.0. The lowest BCUT2D eigenvalue weighted by molar-refractivity contribution is -0.311. The van der Waals surface area contributed by atoms with Crippen LogP contribution < -0.4 is 5.73 Å². The molecule has 0 aromatic heterocycles. The number of carbonyl (C=O) groups is 3. The van der Waals surface area contributed by atoms with Crippen molar-refractivity contribution in [2.75, 3.05) is 0 Å². The van der Waals surface area contributed by atoms with Gasteiger partial charge in [0.1, 0.15) is 24.4 Å². The smallest absolute Gasteiger partial charge is 0.504 e. The lowest BCUT2D eigenvalue weighted by Crippen LogP contribution is -2.61. The summed E-state index contributed by atoms with van der Waals surface area (Å²) in [5, 5.41) is 23.6. The molecule has 17 heteroatoms. The van der Waals surface area contributed by atoms with E-state index >= 15 is 4.79 Å². The van der Waals surface area contributed by atoms with Crippen molar-refractivity contribution in [3.63, 3.8) is 0 Å². The summed E-state index contributed by atoms with van der Waals surface area (Å²) in [6.45, 7) is 15.1. The number of aliphatic hydroxyl groups is 2. The van der Waals surface area contributed by atoms with Crippen molar-refractivity contribution in [2.24, 2.45) is 34.3 Å². The molecule has 6 fully saturated rings. The SMILES string of the molecule is CC(C)[C@@H](N)C(=O)O[C@H](C)[C@@H]1C/C=C\CC[C@H](O)C(C)(C)[C@@H]2CC[C@@H](C)[C@@]3(O2)O[B-]24O[C@@H](C(=O)O1)[C@@]1(O[C@@H](CC[C@H]1C)C(C)(C)[C@H](O)CCC[C@@H]1C[C@H](OC(=O)[C@@H]3O2)[C@@H](C)O1)O4. The van der Waals surface area contributed by atoms with Crippen molar-refractivity contribution in [1.82, 2.24) is 0 Å². The minimum atomic E-state index is -3.53. The zero-order valence-corrected chi connectivity index (χ0v) is 38.4. The number of allylic oxidation sites excluding steroid dienone is 1. The van der Waals surface area contributed by atoms with Gasteiger partial charge in [-0.25, -0.2) is 9.59 Å². The molecule has 4 N–H and O–H groups in total. The maximum Gasteiger partial charge on any atom is 0.536 e. The standard InChI is InChI=1S/C45H73BNO15/c1-24(2)36(47)39(50)54-27(5)30-16-12-11-13-17-32(48)42(7,8)34-21-19-26(4)45(57-34)38-41(52)56-31-23-29(53-28(31)6)15-14-18-33(49)43(9,10)35-22-20-25(3)44(58-35)37(40(51)55-30)59-46(60-38,61-44)62-45/h11-12,24-38,48-49H,13-23,47H2,1-10H3/q-1/b12-11-/t25-,26-,27-,28-,29-,30+,31+,32+,33-,34+,35+,36-,37+,38+,44+,45-,46?/m1/s1. The summed E-state index contributed by atoms with van der Waals surface area (Å²) in [6, 6.07) is -0.902. The molecule has 7 rings (SSSR count). The summed E-state index contributed by atoms with van der Waals surface area (Å²) >= 11 is 0. The van der Waals surface area contributed by atoms with Crippen LogP contribution in [-0.4, -0.2) is 120 Å². The monoisotopic (exact) mass is 879 g/mol. The van der Waals surface area contributed by atoms with Gasteiger partial charge in [-0.1, -0.05) is 67.5 Å². The molecule has 1 unspecified atom stereocenters. The van der Waals surface area contributed by atoms with Gasteiger partial charge in [-0.15, -0.1) is 0 Å². The summed E-state index contributed by atoms with van der Waals surface area (Å²) in [6.07, 6.45) is -0.362. The van der Waals surface area contributed by atoms with E-state index in [-0.39, 0.29) is 18.4 Å². The zero-order valence-electron chi connectivity index (χ0n) is 38.4. The molecule has 6 saturated heterocycles. The van der Waals surface area contributed by atoms with Gasteiger partial charge < -0.3 is 63.0 Å². The van der Waals surface area contributed by atoms with Gasteiger partial charge in [-0.05, 0) is 77.6 Å². The predicted molar refractivity (Wildman–Crippen MR) is 223 cm³/mol. The van der Waals surface area contributed by atoms with Crippen molar-refractivity contribution in [1.29, 1.82) is 0 Å². The van der Waals surface area contributed by atoms with E-state index in [4.69, 9.17) is 52.8 Å². The molecule has 17 atom stereocenters. The van der Waals surface area contributed by atoms with E-state index in [9.17, 15) is 19.8 Å². The molecule has 16 nitrogen and oxygen atoms in total. The molecule has 0 aromatic rings. The Morgan fingerprint density at radius 1 is 0.790 bits per heavy atom. The minimum absolute atomic E-state index is 0.142. The van der Waals surface area contributed by atoms with Crippen molar-refractivity contribution in [3.05, 3.63) is 12.2 Å². The van der Waals surface area contributed by atoms with Crippen molar-refractivity contribution in [2.45, 2.75) is 225 Å². The van der Waals surface area contributed by atoms with E-state index in [2.05, 4.69) is 0 Å². The summed E-state index contributed by atoms with van der Waals surface area (Å²) in [4.78, 5) is 42.9. The number of nitrogens with two attached hydrogens (primary N) is 1. The number of carbonyl (C=O) groups excluding carboxylic acids is 3. The Labute approximate surface area is 366 Å². The molecule has 0 amide bonds. The lowest BCUT2D eigenvalue weighted by Gasteiger charge is -2.52. The highest BCUT2D eigenvalue weighted by Crippen LogP contribution is 2.57. The first kappa shape index (κ1) is 47.8. The zero-order chi connectivity index (χ0) is 45.2. The molecular weight excluding hydrogens is 805 g/mol. The van der Waals surface area contributed by atoms with Crippen LogP contribution >= 0.6 is 0 Å². The van der Waals surface area contributed by atoms with Crippen LogP contribution in [0.15, 0.2) is 12.2 Å². The number of esters is 3. The Balaban J connectivity index is 1.36. The number of ether oxygens (including phenoxy) is 6. The average molecular weight is 879 g/mol. The molecule has 7 aliphatic heterocycles. The van der Waals surface area contributed by atoms with Gasteiger partial charge in [0.15, 0.2) is 23.8 Å². The van der Waals surface area contributed by atoms with E-state index in [1.807, 2.05) is 74.5 Å². The van der Waals surface area contributed by atoms with Crippen molar-refractivity contribution in [3.8, 4) is 0 Å². The number of rotatable bonds is 4. The lowest BCUT2D eigenvalue weighted by atomic mass is 9.73. The van der Waals surface area contributed by atoms with Gasteiger partial charge >= 0.3 is 24.9 Å². The third-order valence-corrected chi connectivity index (χ3v) is 15.5. The van der Waals surface area contributed by atoms with Gasteiger partial charge in [0.05, 0.1) is 36.6 Å². The molecule has 0 radical (unpaired) electrons. The Kier molecular flexibility index (Phi) is 13.8. The van der Waals surface area contributed by atoms with Crippen LogP contribution in [0, 0.1) is 28.6 Å². The Morgan fingerprint density at radius 2 is 1.34 bits per heavy atom. The van der Waals surface area contributed by atoms with Gasteiger partial charge in [0.25, 0.3) is 0 Å². The van der Waals surface area contributed by atoms with Gasteiger partial charge in [-0.2, -0.15) is 0 Å². The molecule has 352 valence electrons. The first-order valence-corrected chi connectivity index (χ1v) is 23.3.